The monoisotopic (exact) mass is 268 g/mol. The molecule has 0 aliphatic carbocycles. The van der Waals surface area contributed by atoms with Gasteiger partial charge in [-0.25, -0.2) is 0 Å². The van der Waals surface area contributed by atoms with E-state index in [9.17, 15) is 4.79 Å². The van der Waals surface area contributed by atoms with Crippen LogP contribution in [0.5, 0.6) is 0 Å². The molecule has 4 heteroatoms. The zero-order valence-electron chi connectivity index (χ0n) is 12.6. The van der Waals surface area contributed by atoms with Crippen molar-refractivity contribution < 1.29 is 9.53 Å². The van der Waals surface area contributed by atoms with E-state index in [0.717, 1.165) is 52.1 Å². The molecule has 0 bridgehead atoms. The summed E-state index contributed by atoms with van der Waals surface area (Å²) in [6, 6.07) is 0. The molecule has 1 atom stereocenters. The minimum absolute atomic E-state index is 0.206. The fraction of sp³-hybridized carbons (Fsp3) is 0.933. The van der Waals surface area contributed by atoms with E-state index in [-0.39, 0.29) is 16.7 Å². The first-order chi connectivity index (χ1) is 8.99. The Kier molecular flexibility index (Phi) is 4.51. The van der Waals surface area contributed by atoms with Crippen molar-refractivity contribution in [2.45, 2.75) is 40.0 Å². The Morgan fingerprint density at radius 3 is 2.53 bits per heavy atom. The average molecular weight is 268 g/mol. The highest BCUT2D eigenvalue weighted by Crippen LogP contribution is 2.35. The Bertz CT molecular complexity index is 316. The first kappa shape index (κ1) is 14.8. The van der Waals surface area contributed by atoms with Gasteiger partial charge in [-0.1, -0.05) is 20.8 Å². The lowest BCUT2D eigenvalue weighted by atomic mass is 9.75. The maximum Gasteiger partial charge on any atom is 0.227 e. The highest BCUT2D eigenvalue weighted by atomic mass is 16.5. The van der Waals surface area contributed by atoms with Crippen LogP contribution >= 0.6 is 0 Å². The van der Waals surface area contributed by atoms with Gasteiger partial charge in [0.1, 0.15) is 0 Å². The molecule has 0 aromatic heterocycles. The lowest BCUT2D eigenvalue weighted by Gasteiger charge is -2.36. The van der Waals surface area contributed by atoms with Crippen LogP contribution in [0.15, 0.2) is 0 Å². The van der Waals surface area contributed by atoms with Gasteiger partial charge in [0, 0.05) is 26.3 Å². The van der Waals surface area contributed by atoms with E-state index in [0.29, 0.717) is 5.92 Å². The lowest BCUT2D eigenvalue weighted by molar-refractivity contribution is -0.133. The van der Waals surface area contributed by atoms with Crippen molar-refractivity contribution in [3.8, 4) is 0 Å². The number of hydrogen-bond acceptors (Lipinski definition) is 3. The predicted octanol–water partition coefficient (Wildman–Crippen LogP) is 1.56. The molecule has 0 spiro atoms. The third-order valence-electron chi connectivity index (χ3n) is 5.12. The SMILES string of the molecule is CC(C)C1(C(=O)NCC2(C)CCOCC2)CCNC1. The van der Waals surface area contributed by atoms with E-state index >= 15 is 0 Å². The van der Waals surface area contributed by atoms with E-state index in [4.69, 9.17) is 4.74 Å². The quantitative estimate of drug-likeness (QED) is 0.813. The number of amides is 1. The molecule has 2 heterocycles. The molecule has 2 aliphatic rings. The van der Waals surface area contributed by atoms with Crippen molar-refractivity contribution in [1.82, 2.24) is 10.6 Å². The van der Waals surface area contributed by atoms with E-state index in [1.807, 2.05) is 0 Å². The molecule has 4 nitrogen and oxygen atoms in total. The molecule has 0 aromatic rings. The molecule has 0 radical (unpaired) electrons. The van der Waals surface area contributed by atoms with Crippen molar-refractivity contribution in [1.29, 1.82) is 0 Å². The fourth-order valence-electron chi connectivity index (χ4n) is 3.17. The summed E-state index contributed by atoms with van der Waals surface area (Å²) in [4.78, 5) is 12.6. The standard InChI is InChI=1S/C15H28N2O2/c1-12(2)15(4-7-16-11-15)13(18)17-10-14(3)5-8-19-9-6-14/h12,16H,4-11H2,1-3H3,(H,17,18). The minimum atomic E-state index is -0.207. The molecule has 2 saturated heterocycles. The van der Waals surface area contributed by atoms with Crippen LogP contribution in [0, 0.1) is 16.7 Å². The van der Waals surface area contributed by atoms with Crippen LogP contribution in [0.25, 0.3) is 0 Å². The summed E-state index contributed by atoms with van der Waals surface area (Å²) in [6.07, 6.45) is 3.04. The van der Waals surface area contributed by atoms with Crippen LogP contribution in [-0.4, -0.2) is 38.8 Å². The molecule has 2 fully saturated rings. The number of rotatable bonds is 4. The Balaban J connectivity index is 1.92. The van der Waals surface area contributed by atoms with Crippen LogP contribution < -0.4 is 10.6 Å². The second-order valence-electron chi connectivity index (χ2n) is 6.84. The number of nitrogens with one attached hydrogen (secondary N) is 2. The Morgan fingerprint density at radius 1 is 1.32 bits per heavy atom. The van der Waals surface area contributed by atoms with Gasteiger partial charge in [0.25, 0.3) is 0 Å². The zero-order chi connectivity index (χ0) is 13.9. The van der Waals surface area contributed by atoms with Gasteiger partial charge in [0.2, 0.25) is 5.91 Å². The molecule has 2 N–H and O–H groups in total. The van der Waals surface area contributed by atoms with E-state index < -0.39 is 0 Å². The summed E-state index contributed by atoms with van der Waals surface area (Å²) in [7, 11) is 0. The highest BCUT2D eigenvalue weighted by Gasteiger charge is 2.44. The van der Waals surface area contributed by atoms with Gasteiger partial charge in [0.05, 0.1) is 5.41 Å². The van der Waals surface area contributed by atoms with Crippen molar-refractivity contribution in [2.75, 3.05) is 32.8 Å². The van der Waals surface area contributed by atoms with Crippen LogP contribution in [0.1, 0.15) is 40.0 Å². The van der Waals surface area contributed by atoms with E-state index in [1.165, 1.54) is 0 Å². The van der Waals surface area contributed by atoms with Gasteiger partial charge < -0.3 is 15.4 Å². The predicted molar refractivity (Wildman–Crippen MR) is 75.9 cm³/mol. The van der Waals surface area contributed by atoms with Crippen LogP contribution in [0.2, 0.25) is 0 Å². The van der Waals surface area contributed by atoms with Gasteiger partial charge in [0.15, 0.2) is 0 Å². The minimum Gasteiger partial charge on any atom is -0.381 e. The van der Waals surface area contributed by atoms with Crippen LogP contribution in [-0.2, 0) is 9.53 Å². The summed E-state index contributed by atoms with van der Waals surface area (Å²) < 4.78 is 5.41. The molecular formula is C15H28N2O2. The van der Waals surface area contributed by atoms with Crippen molar-refractivity contribution >= 4 is 5.91 Å². The highest BCUT2D eigenvalue weighted by molar-refractivity contribution is 5.83. The third-order valence-corrected chi connectivity index (χ3v) is 5.12. The number of carbonyl (C=O) groups is 1. The zero-order valence-corrected chi connectivity index (χ0v) is 12.6. The number of ether oxygens (including phenoxy) is 1. The third kappa shape index (κ3) is 3.11. The maximum atomic E-state index is 12.6. The Labute approximate surface area is 116 Å². The van der Waals surface area contributed by atoms with Gasteiger partial charge in [-0.2, -0.15) is 0 Å². The molecule has 2 rings (SSSR count). The van der Waals surface area contributed by atoms with E-state index in [1.54, 1.807) is 0 Å². The second kappa shape index (κ2) is 5.80. The molecular weight excluding hydrogens is 240 g/mol. The van der Waals surface area contributed by atoms with Gasteiger partial charge in [-0.05, 0) is 37.1 Å². The van der Waals surface area contributed by atoms with Crippen molar-refractivity contribution in [3.05, 3.63) is 0 Å². The van der Waals surface area contributed by atoms with Gasteiger partial charge in [-0.3, -0.25) is 4.79 Å². The Hall–Kier alpha value is -0.610. The number of hydrogen-bond donors (Lipinski definition) is 2. The molecule has 110 valence electrons. The lowest BCUT2D eigenvalue weighted by Crippen LogP contribution is -2.49. The van der Waals surface area contributed by atoms with Gasteiger partial charge >= 0.3 is 0 Å². The molecule has 1 unspecified atom stereocenters. The largest absolute Gasteiger partial charge is 0.381 e. The smallest absolute Gasteiger partial charge is 0.227 e. The molecule has 0 saturated carbocycles. The first-order valence-electron chi connectivity index (χ1n) is 7.55. The first-order valence-corrected chi connectivity index (χ1v) is 7.55. The summed E-state index contributed by atoms with van der Waals surface area (Å²) in [6.45, 7) is 10.8. The molecule has 1 amide bonds. The summed E-state index contributed by atoms with van der Waals surface area (Å²) in [5, 5.41) is 6.56. The maximum absolute atomic E-state index is 12.6. The van der Waals surface area contributed by atoms with Crippen molar-refractivity contribution in [2.24, 2.45) is 16.7 Å². The summed E-state index contributed by atoms with van der Waals surface area (Å²) in [5.41, 5.74) is -0.000358. The second-order valence-corrected chi connectivity index (χ2v) is 6.84. The summed E-state index contributed by atoms with van der Waals surface area (Å²) >= 11 is 0. The average Bonchev–Trinajstić information content (AvgIpc) is 2.87. The van der Waals surface area contributed by atoms with Crippen LogP contribution in [0.4, 0.5) is 0 Å². The fourth-order valence-corrected chi connectivity index (χ4v) is 3.17. The number of carbonyl (C=O) groups excluding carboxylic acids is 1. The topological polar surface area (TPSA) is 50.4 Å². The van der Waals surface area contributed by atoms with Gasteiger partial charge in [-0.15, -0.1) is 0 Å². The normalized spacial score (nSPS) is 30.5. The molecule has 19 heavy (non-hydrogen) atoms. The molecule has 0 aromatic carbocycles. The summed E-state index contributed by atoms with van der Waals surface area (Å²) in [5.74, 6) is 0.616. The molecule has 2 aliphatic heterocycles. The Morgan fingerprint density at radius 2 is 2.00 bits per heavy atom. The van der Waals surface area contributed by atoms with Crippen LogP contribution in [0.3, 0.4) is 0 Å². The van der Waals surface area contributed by atoms with Crippen molar-refractivity contribution in [3.63, 3.8) is 0 Å². The van der Waals surface area contributed by atoms with E-state index in [2.05, 4.69) is 31.4 Å².